The fourth-order valence-corrected chi connectivity index (χ4v) is 2.24. The molecular formula is C14H9Cl2NO6. The Morgan fingerprint density at radius 3 is 2.52 bits per heavy atom. The zero-order valence-corrected chi connectivity index (χ0v) is 12.8. The Morgan fingerprint density at radius 1 is 1.26 bits per heavy atom. The summed E-state index contributed by atoms with van der Waals surface area (Å²) in [6.07, 6.45) is 0. The number of nitrogens with zero attached hydrogens (tertiary/aromatic N) is 1. The number of carboxylic acid groups (broad SMARTS) is 1. The predicted molar refractivity (Wildman–Crippen MR) is 82.5 cm³/mol. The second-order valence-corrected chi connectivity index (χ2v) is 5.27. The number of rotatable bonds is 5. The lowest BCUT2D eigenvalue weighted by molar-refractivity contribution is -0.386. The van der Waals surface area contributed by atoms with E-state index >= 15 is 0 Å². The van der Waals surface area contributed by atoms with Crippen LogP contribution in [0.25, 0.3) is 0 Å². The quantitative estimate of drug-likeness (QED) is 0.620. The van der Waals surface area contributed by atoms with Gasteiger partial charge in [0, 0.05) is 15.6 Å². The number of nitro groups is 1. The molecule has 0 radical (unpaired) electrons. The standard InChI is InChI=1S/C14H9Cl2NO6/c15-8-2-1-7(11(16)3-8)6-23-9-4-10(14(19)20)13(18)12(5-9)17(21)22/h1-5,18H,6H2,(H,19,20). The van der Waals surface area contributed by atoms with Crippen molar-refractivity contribution in [2.24, 2.45) is 0 Å². The predicted octanol–water partition coefficient (Wildman–Crippen LogP) is 3.88. The maximum absolute atomic E-state index is 11.0. The second-order valence-electron chi connectivity index (χ2n) is 4.43. The Bertz CT molecular complexity index is 758. The molecule has 0 amide bonds. The summed E-state index contributed by atoms with van der Waals surface area (Å²) >= 11 is 11.7. The molecule has 0 saturated heterocycles. The summed E-state index contributed by atoms with van der Waals surface area (Å²) in [5.74, 6) is -2.53. The number of halogens is 2. The summed E-state index contributed by atoms with van der Waals surface area (Å²) in [4.78, 5) is 21.0. The number of aromatic carboxylic acids is 1. The normalized spacial score (nSPS) is 10.3. The van der Waals surface area contributed by atoms with Crippen molar-refractivity contribution in [3.05, 3.63) is 61.6 Å². The maximum atomic E-state index is 11.0. The molecule has 23 heavy (non-hydrogen) atoms. The van der Waals surface area contributed by atoms with E-state index in [9.17, 15) is 20.0 Å². The first kappa shape index (κ1) is 16.9. The molecule has 0 atom stereocenters. The Morgan fingerprint density at radius 2 is 1.96 bits per heavy atom. The lowest BCUT2D eigenvalue weighted by Crippen LogP contribution is -2.03. The minimum atomic E-state index is -1.51. The third-order valence-electron chi connectivity index (χ3n) is 2.90. The fraction of sp³-hybridized carbons (Fsp3) is 0.0714. The van der Waals surface area contributed by atoms with Gasteiger partial charge in [-0.3, -0.25) is 10.1 Å². The summed E-state index contributed by atoms with van der Waals surface area (Å²) < 4.78 is 5.34. The van der Waals surface area contributed by atoms with Crippen LogP contribution in [0.2, 0.25) is 10.0 Å². The number of carbonyl (C=O) groups is 1. The van der Waals surface area contributed by atoms with E-state index in [4.69, 9.17) is 33.0 Å². The van der Waals surface area contributed by atoms with Crippen molar-refractivity contribution in [3.63, 3.8) is 0 Å². The van der Waals surface area contributed by atoms with Crippen LogP contribution in [0, 0.1) is 10.1 Å². The molecule has 2 rings (SSSR count). The monoisotopic (exact) mass is 357 g/mol. The van der Waals surface area contributed by atoms with Crippen LogP contribution < -0.4 is 4.74 Å². The maximum Gasteiger partial charge on any atom is 0.339 e. The third-order valence-corrected chi connectivity index (χ3v) is 3.49. The van der Waals surface area contributed by atoms with Gasteiger partial charge in [0.1, 0.15) is 17.9 Å². The lowest BCUT2D eigenvalue weighted by atomic mass is 10.1. The van der Waals surface area contributed by atoms with Crippen LogP contribution in [-0.2, 0) is 6.61 Å². The van der Waals surface area contributed by atoms with Gasteiger partial charge in [-0.05, 0) is 18.2 Å². The molecule has 0 aliphatic rings. The van der Waals surface area contributed by atoms with Gasteiger partial charge in [-0.15, -0.1) is 0 Å². The van der Waals surface area contributed by atoms with Crippen LogP contribution in [0.4, 0.5) is 5.69 Å². The summed E-state index contributed by atoms with van der Waals surface area (Å²) in [7, 11) is 0. The van der Waals surface area contributed by atoms with Gasteiger partial charge in [0.25, 0.3) is 0 Å². The molecule has 120 valence electrons. The average molecular weight is 358 g/mol. The van der Waals surface area contributed by atoms with Crippen molar-refractivity contribution < 1.29 is 24.7 Å². The van der Waals surface area contributed by atoms with Crippen LogP contribution in [0.3, 0.4) is 0 Å². The van der Waals surface area contributed by atoms with Crippen molar-refractivity contribution in [3.8, 4) is 11.5 Å². The van der Waals surface area contributed by atoms with Crippen LogP contribution >= 0.6 is 23.2 Å². The molecule has 0 unspecified atom stereocenters. The molecule has 9 heteroatoms. The molecule has 0 spiro atoms. The topological polar surface area (TPSA) is 110 Å². The van der Waals surface area contributed by atoms with E-state index in [0.717, 1.165) is 12.1 Å². The molecule has 2 aromatic rings. The van der Waals surface area contributed by atoms with Crippen molar-refractivity contribution in [2.75, 3.05) is 0 Å². The minimum absolute atomic E-state index is 0.0585. The highest BCUT2D eigenvalue weighted by Gasteiger charge is 2.23. The largest absolute Gasteiger partial charge is 0.501 e. The van der Waals surface area contributed by atoms with E-state index in [1.54, 1.807) is 12.1 Å². The summed E-state index contributed by atoms with van der Waals surface area (Å²) in [6.45, 7) is -0.0585. The van der Waals surface area contributed by atoms with Gasteiger partial charge in [-0.25, -0.2) is 4.79 Å². The molecule has 0 aromatic heterocycles. The highest BCUT2D eigenvalue weighted by atomic mass is 35.5. The van der Waals surface area contributed by atoms with E-state index in [2.05, 4.69) is 0 Å². The highest BCUT2D eigenvalue weighted by Crippen LogP contribution is 2.35. The number of phenols is 1. The number of ether oxygens (including phenoxy) is 1. The molecule has 0 heterocycles. The highest BCUT2D eigenvalue weighted by molar-refractivity contribution is 6.35. The molecule has 0 bridgehead atoms. The van der Waals surface area contributed by atoms with E-state index in [1.807, 2.05) is 0 Å². The van der Waals surface area contributed by atoms with Crippen LogP contribution in [0.15, 0.2) is 30.3 Å². The van der Waals surface area contributed by atoms with Crippen molar-refractivity contribution in [1.29, 1.82) is 0 Å². The Balaban J connectivity index is 2.32. The SMILES string of the molecule is O=C(O)c1cc(OCc2ccc(Cl)cc2Cl)cc([N+](=O)[O-])c1O. The van der Waals surface area contributed by atoms with E-state index < -0.39 is 27.9 Å². The lowest BCUT2D eigenvalue weighted by Gasteiger charge is -2.10. The van der Waals surface area contributed by atoms with Gasteiger partial charge in [0.05, 0.1) is 11.0 Å². The van der Waals surface area contributed by atoms with Gasteiger partial charge in [0.2, 0.25) is 5.75 Å². The zero-order chi connectivity index (χ0) is 17.1. The van der Waals surface area contributed by atoms with Gasteiger partial charge in [-0.1, -0.05) is 29.3 Å². The molecule has 2 aromatic carbocycles. The number of nitro benzene ring substituents is 1. The molecule has 2 N–H and O–H groups in total. The summed E-state index contributed by atoms with van der Waals surface area (Å²) in [5.41, 5.74) is -0.831. The number of carboxylic acids is 1. The van der Waals surface area contributed by atoms with Gasteiger partial charge in [0.15, 0.2) is 0 Å². The molecule has 0 fully saturated rings. The van der Waals surface area contributed by atoms with Crippen LogP contribution in [-0.4, -0.2) is 21.1 Å². The Labute approximate surface area is 139 Å². The number of benzene rings is 2. The number of aromatic hydroxyl groups is 1. The van der Waals surface area contributed by atoms with Crippen molar-refractivity contribution >= 4 is 34.9 Å². The molecular weight excluding hydrogens is 349 g/mol. The van der Waals surface area contributed by atoms with E-state index in [0.29, 0.717) is 15.6 Å². The van der Waals surface area contributed by atoms with Crippen LogP contribution in [0.1, 0.15) is 15.9 Å². The third kappa shape index (κ3) is 3.82. The van der Waals surface area contributed by atoms with Gasteiger partial charge < -0.3 is 14.9 Å². The van der Waals surface area contributed by atoms with Crippen LogP contribution in [0.5, 0.6) is 11.5 Å². The fourth-order valence-electron chi connectivity index (χ4n) is 1.78. The summed E-state index contributed by atoms with van der Waals surface area (Å²) in [5, 5.41) is 30.2. The molecule has 0 aliphatic carbocycles. The first-order valence-corrected chi connectivity index (χ1v) is 6.86. The first-order valence-electron chi connectivity index (χ1n) is 6.11. The van der Waals surface area contributed by atoms with Gasteiger partial charge >= 0.3 is 11.7 Å². The van der Waals surface area contributed by atoms with E-state index in [-0.39, 0.29) is 12.4 Å². The number of hydrogen-bond donors (Lipinski definition) is 2. The second kappa shape index (κ2) is 6.72. The smallest absolute Gasteiger partial charge is 0.339 e. The molecule has 0 saturated carbocycles. The minimum Gasteiger partial charge on any atom is -0.501 e. The Hall–Kier alpha value is -2.51. The van der Waals surface area contributed by atoms with Gasteiger partial charge in [-0.2, -0.15) is 0 Å². The Kier molecular flexibility index (Phi) is 4.92. The summed E-state index contributed by atoms with van der Waals surface area (Å²) in [6, 6.07) is 6.63. The zero-order valence-electron chi connectivity index (χ0n) is 11.3. The first-order chi connectivity index (χ1) is 10.8. The van der Waals surface area contributed by atoms with E-state index in [1.165, 1.54) is 6.07 Å². The molecule has 7 nitrogen and oxygen atoms in total. The number of hydrogen-bond acceptors (Lipinski definition) is 5. The van der Waals surface area contributed by atoms with Crippen molar-refractivity contribution in [2.45, 2.75) is 6.61 Å². The van der Waals surface area contributed by atoms with Crippen molar-refractivity contribution in [1.82, 2.24) is 0 Å². The average Bonchev–Trinajstić information content (AvgIpc) is 2.46. The molecule has 0 aliphatic heterocycles.